The molecule has 0 saturated carbocycles. The molecule has 0 bridgehead atoms. The monoisotopic (exact) mass is 296 g/mol. The number of rotatable bonds is 2. The Bertz CT molecular complexity index is 733. The smallest absolute Gasteiger partial charge is 0.113 e. The van der Waals surface area contributed by atoms with Gasteiger partial charge in [0, 0.05) is 22.3 Å². The fourth-order valence-electron chi connectivity index (χ4n) is 4.43. The van der Waals surface area contributed by atoms with Gasteiger partial charge in [0.05, 0.1) is 25.1 Å². The quantitative estimate of drug-likeness (QED) is 0.727. The topological polar surface area (TPSA) is 26.3 Å². The van der Waals surface area contributed by atoms with Crippen molar-refractivity contribution in [1.29, 1.82) is 0 Å². The van der Waals surface area contributed by atoms with E-state index in [1.54, 1.807) is 10.4 Å². The van der Waals surface area contributed by atoms with Crippen molar-refractivity contribution in [1.82, 2.24) is 0 Å². The Morgan fingerprint density at radius 1 is 0.762 bits per heavy atom. The first kappa shape index (κ1) is 13.0. The van der Waals surface area contributed by atoms with Crippen LogP contribution in [0.1, 0.15) is 36.1 Å². The summed E-state index contributed by atoms with van der Waals surface area (Å²) in [5.41, 5.74) is 8.44. The highest BCUT2D eigenvalue weighted by Gasteiger charge is 2.41. The Balaban J connectivity index is 1.90. The molecule has 2 aromatic rings. The standard InChI is InChI=1S/C18H20O2Si/c1-11-5-13-7-19-9-15(13)17(11)21(3,4)18-12(2)6-14-8-20-10-16(14)18/h7-10H,5-6H2,1-4H3. The Kier molecular flexibility index (Phi) is 2.55. The fourth-order valence-corrected chi connectivity index (χ4v) is 8.78. The maximum Gasteiger partial charge on any atom is 0.113 e. The van der Waals surface area contributed by atoms with E-state index in [1.807, 2.05) is 25.1 Å². The minimum atomic E-state index is -1.75. The number of furan rings is 2. The highest BCUT2D eigenvalue weighted by Crippen LogP contribution is 2.48. The van der Waals surface area contributed by atoms with E-state index in [0.29, 0.717) is 0 Å². The molecule has 0 N–H and O–H groups in total. The molecule has 0 unspecified atom stereocenters. The molecule has 2 nitrogen and oxygen atoms in total. The maximum absolute atomic E-state index is 5.46. The molecular weight excluding hydrogens is 276 g/mol. The summed E-state index contributed by atoms with van der Waals surface area (Å²) >= 11 is 0. The molecule has 0 aliphatic heterocycles. The predicted octanol–water partition coefficient (Wildman–Crippen LogP) is 5.02. The summed E-state index contributed by atoms with van der Waals surface area (Å²) in [6.45, 7) is 9.50. The van der Waals surface area contributed by atoms with E-state index in [-0.39, 0.29) is 0 Å². The molecule has 0 radical (unpaired) electrons. The average molecular weight is 296 g/mol. The van der Waals surface area contributed by atoms with Gasteiger partial charge >= 0.3 is 0 Å². The zero-order chi connectivity index (χ0) is 14.8. The van der Waals surface area contributed by atoms with Crippen LogP contribution in [0.25, 0.3) is 10.4 Å². The molecule has 0 amide bonds. The minimum Gasteiger partial charge on any atom is -0.472 e. The van der Waals surface area contributed by atoms with Gasteiger partial charge in [0.25, 0.3) is 0 Å². The molecular formula is C18H20O2Si. The first-order valence-electron chi connectivity index (χ1n) is 7.51. The molecule has 0 atom stereocenters. The Morgan fingerprint density at radius 2 is 1.19 bits per heavy atom. The van der Waals surface area contributed by atoms with Crippen LogP contribution in [0, 0.1) is 0 Å². The van der Waals surface area contributed by atoms with Crippen LogP contribution in [0.15, 0.2) is 45.0 Å². The van der Waals surface area contributed by atoms with Crippen molar-refractivity contribution in [3.05, 3.63) is 58.5 Å². The van der Waals surface area contributed by atoms with Crippen LogP contribution in [0.3, 0.4) is 0 Å². The highest BCUT2D eigenvalue weighted by atomic mass is 28.3. The first-order chi connectivity index (χ1) is 10.00. The fraction of sp³-hybridized carbons (Fsp3) is 0.333. The zero-order valence-corrected chi connectivity index (χ0v) is 14.0. The summed E-state index contributed by atoms with van der Waals surface area (Å²) in [4.78, 5) is 0. The zero-order valence-electron chi connectivity index (χ0n) is 13.0. The van der Waals surface area contributed by atoms with Gasteiger partial charge in [-0.15, -0.1) is 0 Å². The molecule has 108 valence electrons. The van der Waals surface area contributed by atoms with Crippen molar-refractivity contribution in [3.8, 4) is 0 Å². The van der Waals surface area contributed by atoms with Gasteiger partial charge in [-0.1, -0.05) is 24.2 Å². The average Bonchev–Trinajstić information content (AvgIpc) is 3.07. The van der Waals surface area contributed by atoms with Crippen molar-refractivity contribution < 1.29 is 8.83 Å². The van der Waals surface area contributed by atoms with Crippen LogP contribution in [0.4, 0.5) is 0 Å². The molecule has 2 aliphatic rings. The van der Waals surface area contributed by atoms with Crippen molar-refractivity contribution in [3.63, 3.8) is 0 Å². The summed E-state index contributed by atoms with van der Waals surface area (Å²) in [5, 5.41) is 3.13. The van der Waals surface area contributed by atoms with Crippen molar-refractivity contribution in [2.24, 2.45) is 0 Å². The largest absolute Gasteiger partial charge is 0.472 e. The highest BCUT2D eigenvalue weighted by molar-refractivity contribution is 7.09. The molecule has 2 aromatic heterocycles. The van der Waals surface area contributed by atoms with E-state index in [9.17, 15) is 0 Å². The Morgan fingerprint density at radius 3 is 1.62 bits per heavy atom. The summed E-state index contributed by atoms with van der Waals surface area (Å²) in [6, 6.07) is 0. The Hall–Kier alpha value is -1.74. The SMILES string of the molecule is CC1=C([Si](C)(C)C2=C(C)Cc3cocc32)c2cocc2C1. The maximum atomic E-state index is 5.46. The molecule has 0 aromatic carbocycles. The van der Waals surface area contributed by atoms with Crippen LogP contribution in [-0.4, -0.2) is 8.07 Å². The van der Waals surface area contributed by atoms with Crippen LogP contribution >= 0.6 is 0 Å². The molecule has 0 fully saturated rings. The number of hydrogen-bond donors (Lipinski definition) is 0. The number of fused-ring (bicyclic) bond motifs is 2. The normalized spacial score (nSPS) is 17.7. The van der Waals surface area contributed by atoms with E-state index >= 15 is 0 Å². The molecule has 0 spiro atoms. The second-order valence-electron chi connectivity index (χ2n) is 6.91. The van der Waals surface area contributed by atoms with E-state index in [2.05, 4.69) is 26.9 Å². The molecule has 21 heavy (non-hydrogen) atoms. The number of allylic oxidation sites excluding steroid dienone is 2. The van der Waals surface area contributed by atoms with E-state index in [1.165, 1.54) is 33.4 Å². The van der Waals surface area contributed by atoms with E-state index in [0.717, 1.165) is 12.8 Å². The van der Waals surface area contributed by atoms with Gasteiger partial charge < -0.3 is 8.83 Å². The number of hydrogen-bond acceptors (Lipinski definition) is 2. The van der Waals surface area contributed by atoms with Crippen molar-refractivity contribution in [2.45, 2.75) is 39.8 Å². The van der Waals surface area contributed by atoms with Gasteiger partial charge in [-0.05, 0) is 37.1 Å². The van der Waals surface area contributed by atoms with Gasteiger partial charge in [0.2, 0.25) is 0 Å². The molecule has 2 aliphatic carbocycles. The third-order valence-corrected chi connectivity index (χ3v) is 8.93. The van der Waals surface area contributed by atoms with E-state index in [4.69, 9.17) is 8.83 Å². The summed E-state index contributed by atoms with van der Waals surface area (Å²) in [7, 11) is -1.75. The van der Waals surface area contributed by atoms with Crippen LogP contribution < -0.4 is 0 Å². The minimum absolute atomic E-state index is 1.04. The second-order valence-corrected chi connectivity index (χ2v) is 11.2. The van der Waals surface area contributed by atoms with Gasteiger partial charge in [-0.3, -0.25) is 0 Å². The lowest BCUT2D eigenvalue weighted by molar-refractivity contribution is 0.563. The van der Waals surface area contributed by atoms with Gasteiger partial charge in [-0.25, -0.2) is 0 Å². The lowest BCUT2D eigenvalue weighted by Gasteiger charge is -2.28. The molecule has 3 heteroatoms. The van der Waals surface area contributed by atoms with Gasteiger partial charge in [0.15, 0.2) is 0 Å². The summed E-state index contributed by atoms with van der Waals surface area (Å²) < 4.78 is 10.9. The molecule has 2 heterocycles. The van der Waals surface area contributed by atoms with Gasteiger partial charge in [0.1, 0.15) is 8.07 Å². The summed E-state index contributed by atoms with van der Waals surface area (Å²) in [5.74, 6) is 0. The van der Waals surface area contributed by atoms with Crippen LogP contribution in [0.2, 0.25) is 13.1 Å². The third kappa shape index (κ3) is 1.64. The van der Waals surface area contributed by atoms with Gasteiger partial charge in [-0.2, -0.15) is 0 Å². The Labute approximate surface area is 126 Å². The van der Waals surface area contributed by atoms with Crippen molar-refractivity contribution >= 4 is 18.5 Å². The van der Waals surface area contributed by atoms with Crippen LogP contribution in [-0.2, 0) is 12.8 Å². The molecule has 0 saturated heterocycles. The second kappa shape index (κ2) is 4.14. The third-order valence-electron chi connectivity index (χ3n) is 5.04. The lowest BCUT2D eigenvalue weighted by atomic mass is 10.2. The lowest BCUT2D eigenvalue weighted by Crippen LogP contribution is -2.30. The predicted molar refractivity (Wildman–Crippen MR) is 87.5 cm³/mol. The van der Waals surface area contributed by atoms with Crippen molar-refractivity contribution in [2.75, 3.05) is 0 Å². The molecule has 4 rings (SSSR count). The van der Waals surface area contributed by atoms with E-state index < -0.39 is 8.07 Å². The summed E-state index contributed by atoms with van der Waals surface area (Å²) in [6.07, 6.45) is 9.80. The van der Waals surface area contributed by atoms with Crippen LogP contribution in [0.5, 0.6) is 0 Å². The first-order valence-corrected chi connectivity index (χ1v) is 10.5.